The maximum Gasteiger partial charge on any atom is 0.257 e. The first-order valence-corrected chi connectivity index (χ1v) is 10.6. The highest BCUT2D eigenvalue weighted by molar-refractivity contribution is 8.00. The van der Waals surface area contributed by atoms with E-state index < -0.39 is 0 Å². The van der Waals surface area contributed by atoms with Crippen LogP contribution in [0.5, 0.6) is 0 Å². The van der Waals surface area contributed by atoms with Crippen molar-refractivity contribution in [2.75, 3.05) is 16.4 Å². The molecule has 0 fully saturated rings. The number of benzene rings is 3. The molecule has 0 aromatic heterocycles. The average Bonchev–Trinajstić information content (AvgIpc) is 2.67. The van der Waals surface area contributed by atoms with Gasteiger partial charge >= 0.3 is 0 Å². The monoisotopic (exact) mass is 464 g/mol. The van der Waals surface area contributed by atoms with Gasteiger partial charge in [0.15, 0.2) is 0 Å². The van der Waals surface area contributed by atoms with Crippen molar-refractivity contribution in [3.63, 3.8) is 0 Å². The highest BCUT2D eigenvalue weighted by Crippen LogP contribution is 2.24. The topological polar surface area (TPSA) is 58.2 Å². The fraction of sp³-hybridized carbons (Fsp3) is 0.0476. The van der Waals surface area contributed by atoms with Crippen LogP contribution in [0.3, 0.4) is 0 Å². The number of amides is 2. The number of carbonyl (C=O) groups is 2. The van der Waals surface area contributed by atoms with Crippen molar-refractivity contribution in [1.82, 2.24) is 0 Å². The number of carbonyl (C=O) groups excluding carboxylic acids is 2. The van der Waals surface area contributed by atoms with Gasteiger partial charge in [0.25, 0.3) is 5.91 Å². The molecule has 2 amide bonds. The highest BCUT2D eigenvalue weighted by Gasteiger charge is 2.12. The number of anilines is 2. The third-order valence-electron chi connectivity index (χ3n) is 3.76. The second-order valence-corrected chi connectivity index (χ2v) is 8.28. The summed E-state index contributed by atoms with van der Waals surface area (Å²) in [6.07, 6.45) is 0. The Morgan fingerprint density at radius 2 is 1.45 bits per heavy atom. The van der Waals surface area contributed by atoms with E-state index in [1.807, 2.05) is 12.1 Å². The van der Waals surface area contributed by atoms with Crippen LogP contribution in [0.25, 0.3) is 0 Å². The zero-order valence-corrected chi connectivity index (χ0v) is 18.0. The molecular weight excluding hydrogens is 451 g/mol. The summed E-state index contributed by atoms with van der Waals surface area (Å²) in [5.41, 5.74) is 1.42. The molecule has 3 aromatic rings. The molecule has 0 aliphatic heterocycles. The lowest BCUT2D eigenvalue weighted by atomic mass is 10.2. The molecule has 0 saturated carbocycles. The molecule has 0 atom stereocenters. The molecule has 3 aromatic carbocycles. The van der Waals surface area contributed by atoms with Crippen LogP contribution >= 0.6 is 46.6 Å². The van der Waals surface area contributed by atoms with E-state index in [1.165, 1.54) is 17.8 Å². The van der Waals surface area contributed by atoms with Crippen LogP contribution in [-0.2, 0) is 4.79 Å². The third kappa shape index (κ3) is 6.41. The fourth-order valence-corrected chi connectivity index (χ4v) is 3.74. The van der Waals surface area contributed by atoms with E-state index in [1.54, 1.807) is 48.5 Å². The maximum atomic E-state index is 12.4. The van der Waals surface area contributed by atoms with Crippen LogP contribution in [-0.4, -0.2) is 17.6 Å². The zero-order valence-electron chi connectivity index (χ0n) is 14.9. The molecule has 0 aliphatic rings. The van der Waals surface area contributed by atoms with Gasteiger partial charge in [0.1, 0.15) is 0 Å². The summed E-state index contributed by atoms with van der Waals surface area (Å²) in [5.74, 6) is -0.277. The molecule has 148 valence electrons. The molecule has 4 nitrogen and oxygen atoms in total. The number of nitrogens with one attached hydrogen (secondary N) is 2. The van der Waals surface area contributed by atoms with Crippen LogP contribution in [0.4, 0.5) is 11.4 Å². The average molecular weight is 466 g/mol. The Labute approximate surface area is 187 Å². The van der Waals surface area contributed by atoms with Gasteiger partial charge in [0.05, 0.1) is 16.3 Å². The predicted molar refractivity (Wildman–Crippen MR) is 122 cm³/mol. The highest BCUT2D eigenvalue weighted by atomic mass is 35.5. The van der Waals surface area contributed by atoms with Crippen LogP contribution in [0.1, 0.15) is 10.4 Å². The summed E-state index contributed by atoms with van der Waals surface area (Å²) < 4.78 is 0. The van der Waals surface area contributed by atoms with Gasteiger partial charge in [-0.25, -0.2) is 0 Å². The van der Waals surface area contributed by atoms with Crippen molar-refractivity contribution in [1.29, 1.82) is 0 Å². The molecule has 2 N–H and O–H groups in total. The quantitative estimate of drug-likeness (QED) is 0.402. The van der Waals surface area contributed by atoms with E-state index in [0.29, 0.717) is 27.0 Å². The summed E-state index contributed by atoms with van der Waals surface area (Å²) in [4.78, 5) is 25.6. The summed E-state index contributed by atoms with van der Waals surface area (Å²) in [7, 11) is 0. The van der Waals surface area contributed by atoms with Crippen molar-refractivity contribution in [3.8, 4) is 0 Å². The van der Waals surface area contributed by atoms with Gasteiger partial charge in [-0.2, -0.15) is 0 Å². The molecule has 29 heavy (non-hydrogen) atoms. The lowest BCUT2D eigenvalue weighted by molar-refractivity contribution is -0.113. The summed E-state index contributed by atoms with van der Waals surface area (Å²) in [6.45, 7) is 0. The SMILES string of the molecule is O=C(CSc1ccc(Cl)cc1)Nc1cccc(NC(=O)c2ccc(Cl)cc2Cl)c1. The van der Waals surface area contributed by atoms with Crippen LogP contribution in [0.2, 0.25) is 15.1 Å². The van der Waals surface area contributed by atoms with Gasteiger partial charge in [-0.05, 0) is 60.7 Å². The third-order valence-corrected chi connectivity index (χ3v) is 5.58. The Hall–Kier alpha value is -2.18. The smallest absolute Gasteiger partial charge is 0.257 e. The van der Waals surface area contributed by atoms with Crippen molar-refractivity contribution < 1.29 is 9.59 Å². The molecule has 0 spiro atoms. The van der Waals surface area contributed by atoms with Crippen LogP contribution in [0.15, 0.2) is 71.6 Å². The van der Waals surface area contributed by atoms with Gasteiger partial charge in [-0.15, -0.1) is 11.8 Å². The van der Waals surface area contributed by atoms with Crippen molar-refractivity contribution in [2.45, 2.75) is 4.90 Å². The first-order valence-electron chi connectivity index (χ1n) is 8.45. The van der Waals surface area contributed by atoms with Crippen molar-refractivity contribution >= 4 is 69.8 Å². The van der Waals surface area contributed by atoms with Crippen molar-refractivity contribution in [3.05, 3.63) is 87.4 Å². The van der Waals surface area contributed by atoms with Gasteiger partial charge in [-0.3, -0.25) is 9.59 Å². The Morgan fingerprint density at radius 1 is 0.793 bits per heavy atom. The number of hydrogen-bond donors (Lipinski definition) is 2. The predicted octanol–water partition coefficient (Wildman–Crippen LogP) is 6.63. The first kappa shape index (κ1) is 21.5. The normalized spacial score (nSPS) is 10.4. The van der Waals surface area contributed by atoms with Gasteiger partial charge in [0.2, 0.25) is 5.91 Å². The Balaban J connectivity index is 1.59. The van der Waals surface area contributed by atoms with E-state index in [9.17, 15) is 9.59 Å². The number of thioether (sulfide) groups is 1. The second kappa shape index (κ2) is 10.0. The second-order valence-electron chi connectivity index (χ2n) is 5.95. The van der Waals surface area contributed by atoms with E-state index in [4.69, 9.17) is 34.8 Å². The summed E-state index contributed by atoms with van der Waals surface area (Å²) >= 11 is 19.2. The molecule has 8 heteroatoms. The minimum Gasteiger partial charge on any atom is -0.325 e. The summed E-state index contributed by atoms with van der Waals surface area (Å²) in [5, 5.41) is 6.94. The van der Waals surface area contributed by atoms with E-state index in [0.717, 1.165) is 4.90 Å². The Bertz CT molecular complexity index is 1040. The Kier molecular flexibility index (Phi) is 7.45. The lowest BCUT2D eigenvalue weighted by Crippen LogP contribution is -2.15. The molecule has 0 saturated heterocycles. The Morgan fingerprint density at radius 3 is 2.14 bits per heavy atom. The van der Waals surface area contributed by atoms with Gasteiger partial charge in [-0.1, -0.05) is 40.9 Å². The number of rotatable bonds is 6. The van der Waals surface area contributed by atoms with Gasteiger partial charge < -0.3 is 10.6 Å². The van der Waals surface area contributed by atoms with E-state index in [-0.39, 0.29) is 22.6 Å². The zero-order chi connectivity index (χ0) is 20.8. The molecule has 0 heterocycles. The van der Waals surface area contributed by atoms with Crippen LogP contribution < -0.4 is 10.6 Å². The number of halogens is 3. The minimum absolute atomic E-state index is 0.158. The van der Waals surface area contributed by atoms with Gasteiger partial charge in [0, 0.05) is 26.3 Å². The summed E-state index contributed by atoms with van der Waals surface area (Å²) in [6, 6.07) is 18.8. The number of hydrogen-bond acceptors (Lipinski definition) is 3. The van der Waals surface area contributed by atoms with Crippen molar-refractivity contribution in [2.24, 2.45) is 0 Å². The molecule has 0 unspecified atom stereocenters. The molecular formula is C21H15Cl3N2O2S. The van der Waals surface area contributed by atoms with E-state index >= 15 is 0 Å². The first-order chi connectivity index (χ1) is 13.9. The molecule has 3 rings (SSSR count). The molecule has 0 aliphatic carbocycles. The van der Waals surface area contributed by atoms with E-state index in [2.05, 4.69) is 10.6 Å². The molecule has 0 radical (unpaired) electrons. The largest absolute Gasteiger partial charge is 0.325 e. The minimum atomic E-state index is -0.367. The fourth-order valence-electron chi connectivity index (χ4n) is 2.42. The maximum absolute atomic E-state index is 12.4. The lowest BCUT2D eigenvalue weighted by Gasteiger charge is -2.10. The standard InChI is InChI=1S/C21H15Cl3N2O2S/c22-13-4-7-17(8-5-13)29-12-20(27)25-15-2-1-3-16(11-15)26-21(28)18-9-6-14(23)10-19(18)24/h1-11H,12H2,(H,25,27)(H,26,28). The van der Waals surface area contributed by atoms with Crippen LogP contribution in [0, 0.1) is 0 Å². The molecule has 0 bridgehead atoms.